The number of hydrogen-bond acceptors (Lipinski definition) is 2. The van der Waals surface area contributed by atoms with Gasteiger partial charge in [0.25, 0.3) is 5.91 Å². The molecule has 0 saturated carbocycles. The first-order valence-electron chi connectivity index (χ1n) is 8.22. The maximum Gasteiger partial charge on any atom is 0.253 e. The highest BCUT2D eigenvalue weighted by atomic mass is 16.2. The molecule has 4 heteroatoms. The van der Waals surface area contributed by atoms with Crippen LogP contribution in [-0.4, -0.2) is 36.3 Å². The van der Waals surface area contributed by atoms with E-state index in [2.05, 4.69) is 5.32 Å². The van der Waals surface area contributed by atoms with Gasteiger partial charge in [-0.15, -0.1) is 0 Å². The molecule has 1 aromatic rings. The van der Waals surface area contributed by atoms with E-state index in [0.29, 0.717) is 18.9 Å². The van der Waals surface area contributed by atoms with Crippen LogP contribution in [0.5, 0.6) is 0 Å². The summed E-state index contributed by atoms with van der Waals surface area (Å²) in [6.07, 6.45) is 3.53. The summed E-state index contributed by atoms with van der Waals surface area (Å²) in [4.78, 5) is 26.0. The van der Waals surface area contributed by atoms with Gasteiger partial charge in [-0.1, -0.05) is 24.6 Å². The molecule has 1 fully saturated rings. The van der Waals surface area contributed by atoms with Gasteiger partial charge >= 0.3 is 0 Å². The Labute approximate surface area is 132 Å². The van der Waals surface area contributed by atoms with E-state index < -0.39 is 0 Å². The summed E-state index contributed by atoms with van der Waals surface area (Å²) in [6, 6.07) is 7.73. The van der Waals surface area contributed by atoms with Gasteiger partial charge in [0.15, 0.2) is 0 Å². The van der Waals surface area contributed by atoms with Crippen molar-refractivity contribution in [3.05, 3.63) is 35.4 Å². The third-order valence-corrected chi connectivity index (χ3v) is 4.17. The maximum absolute atomic E-state index is 12.5. The van der Waals surface area contributed by atoms with E-state index in [1.165, 1.54) is 0 Å². The van der Waals surface area contributed by atoms with Gasteiger partial charge in [0.05, 0.1) is 0 Å². The molecule has 0 radical (unpaired) electrons. The highest BCUT2D eigenvalue weighted by Gasteiger charge is 2.24. The number of hydrogen-bond donors (Lipinski definition) is 1. The van der Waals surface area contributed by atoms with Crippen LogP contribution in [0.15, 0.2) is 24.3 Å². The van der Waals surface area contributed by atoms with Crippen LogP contribution < -0.4 is 5.32 Å². The van der Waals surface area contributed by atoms with Crippen molar-refractivity contribution in [2.24, 2.45) is 5.92 Å². The lowest BCUT2D eigenvalue weighted by atomic mass is 9.97. The van der Waals surface area contributed by atoms with Crippen LogP contribution in [0.1, 0.15) is 48.5 Å². The van der Waals surface area contributed by atoms with Crippen LogP contribution in [-0.2, 0) is 4.79 Å². The molecule has 1 N–H and O–H groups in total. The molecule has 0 bridgehead atoms. The van der Waals surface area contributed by atoms with Crippen LogP contribution in [0.25, 0.3) is 0 Å². The fourth-order valence-electron chi connectivity index (χ4n) is 2.87. The largest absolute Gasteiger partial charge is 0.356 e. The van der Waals surface area contributed by atoms with Gasteiger partial charge in [-0.05, 0) is 44.2 Å². The topological polar surface area (TPSA) is 49.4 Å². The predicted octanol–water partition coefficient (Wildman–Crippen LogP) is 2.76. The number of rotatable bonds is 5. The lowest BCUT2D eigenvalue weighted by molar-refractivity contribution is -0.121. The van der Waals surface area contributed by atoms with E-state index >= 15 is 0 Å². The first-order chi connectivity index (χ1) is 10.6. The SMILES string of the molecule is CCCC(=O)NC[C@@H]1CCCN(C(=O)c2ccc(C)cc2)C1. The summed E-state index contributed by atoms with van der Waals surface area (Å²) in [7, 11) is 0. The van der Waals surface area contributed by atoms with E-state index in [1.807, 2.05) is 43.0 Å². The fraction of sp³-hybridized carbons (Fsp3) is 0.556. The van der Waals surface area contributed by atoms with Crippen molar-refractivity contribution in [3.63, 3.8) is 0 Å². The van der Waals surface area contributed by atoms with Crippen molar-refractivity contribution >= 4 is 11.8 Å². The smallest absolute Gasteiger partial charge is 0.253 e. The zero-order valence-electron chi connectivity index (χ0n) is 13.6. The lowest BCUT2D eigenvalue weighted by Gasteiger charge is -2.33. The number of carbonyl (C=O) groups is 2. The zero-order valence-corrected chi connectivity index (χ0v) is 13.6. The normalized spacial score (nSPS) is 18.1. The van der Waals surface area contributed by atoms with Crippen LogP contribution in [0.2, 0.25) is 0 Å². The molecule has 0 aliphatic carbocycles. The molecular formula is C18H26N2O2. The molecule has 1 heterocycles. The van der Waals surface area contributed by atoms with E-state index in [4.69, 9.17) is 0 Å². The van der Waals surface area contributed by atoms with Crippen molar-refractivity contribution in [1.29, 1.82) is 0 Å². The molecule has 1 aliphatic heterocycles. The standard InChI is InChI=1S/C18H26N2O2/c1-3-5-17(21)19-12-15-6-4-11-20(13-15)18(22)16-9-7-14(2)8-10-16/h7-10,15H,3-6,11-13H2,1-2H3,(H,19,21)/t15-/m0/s1. The Hall–Kier alpha value is -1.84. The minimum atomic E-state index is 0.101. The van der Waals surface area contributed by atoms with Crippen LogP contribution in [0, 0.1) is 12.8 Å². The van der Waals surface area contributed by atoms with Crippen molar-refractivity contribution in [2.45, 2.75) is 39.5 Å². The predicted molar refractivity (Wildman–Crippen MR) is 87.7 cm³/mol. The lowest BCUT2D eigenvalue weighted by Crippen LogP contribution is -2.43. The summed E-state index contributed by atoms with van der Waals surface area (Å²) < 4.78 is 0. The second-order valence-corrected chi connectivity index (χ2v) is 6.18. The average Bonchev–Trinajstić information content (AvgIpc) is 2.53. The summed E-state index contributed by atoms with van der Waals surface area (Å²) in [5, 5.41) is 2.98. The van der Waals surface area contributed by atoms with E-state index in [9.17, 15) is 9.59 Å². The molecule has 4 nitrogen and oxygen atoms in total. The molecule has 1 aliphatic rings. The van der Waals surface area contributed by atoms with Gasteiger partial charge in [0, 0.05) is 31.6 Å². The third-order valence-electron chi connectivity index (χ3n) is 4.17. The van der Waals surface area contributed by atoms with Gasteiger partial charge < -0.3 is 10.2 Å². The highest BCUT2D eigenvalue weighted by Crippen LogP contribution is 2.18. The number of carbonyl (C=O) groups excluding carboxylic acids is 2. The highest BCUT2D eigenvalue weighted by molar-refractivity contribution is 5.94. The molecule has 1 atom stereocenters. The Bertz CT molecular complexity index is 510. The second kappa shape index (κ2) is 7.97. The first-order valence-corrected chi connectivity index (χ1v) is 8.22. The van der Waals surface area contributed by atoms with Crippen LogP contribution in [0.3, 0.4) is 0 Å². The molecular weight excluding hydrogens is 276 g/mol. The Balaban J connectivity index is 1.88. The second-order valence-electron chi connectivity index (χ2n) is 6.18. The Kier molecular flexibility index (Phi) is 5.99. The number of amides is 2. The number of benzene rings is 1. The van der Waals surface area contributed by atoms with Gasteiger partial charge in [-0.3, -0.25) is 9.59 Å². The molecule has 0 spiro atoms. The molecule has 0 unspecified atom stereocenters. The number of likely N-dealkylation sites (tertiary alicyclic amines) is 1. The van der Waals surface area contributed by atoms with Gasteiger partial charge in [-0.2, -0.15) is 0 Å². The Morgan fingerprint density at radius 1 is 1.27 bits per heavy atom. The minimum absolute atomic E-state index is 0.101. The van der Waals surface area contributed by atoms with Crippen molar-refractivity contribution in [2.75, 3.05) is 19.6 Å². The molecule has 1 aromatic carbocycles. The summed E-state index contributed by atoms with van der Waals surface area (Å²) in [5.41, 5.74) is 1.91. The zero-order chi connectivity index (χ0) is 15.9. The molecule has 22 heavy (non-hydrogen) atoms. The van der Waals surface area contributed by atoms with Gasteiger partial charge in [0.2, 0.25) is 5.91 Å². The van der Waals surface area contributed by atoms with Gasteiger partial charge in [0.1, 0.15) is 0 Å². The molecule has 1 saturated heterocycles. The molecule has 2 rings (SSSR count). The van der Waals surface area contributed by atoms with E-state index in [0.717, 1.165) is 43.5 Å². The van der Waals surface area contributed by atoms with Crippen molar-refractivity contribution < 1.29 is 9.59 Å². The molecule has 120 valence electrons. The Morgan fingerprint density at radius 2 is 2.00 bits per heavy atom. The van der Waals surface area contributed by atoms with Crippen molar-refractivity contribution in [3.8, 4) is 0 Å². The summed E-state index contributed by atoms with van der Waals surface area (Å²) in [6.45, 7) is 6.24. The Morgan fingerprint density at radius 3 is 2.68 bits per heavy atom. The number of piperidine rings is 1. The summed E-state index contributed by atoms with van der Waals surface area (Å²) in [5.74, 6) is 0.582. The monoisotopic (exact) mass is 302 g/mol. The molecule has 0 aromatic heterocycles. The van der Waals surface area contributed by atoms with Crippen molar-refractivity contribution in [1.82, 2.24) is 10.2 Å². The number of nitrogens with zero attached hydrogens (tertiary/aromatic N) is 1. The van der Waals surface area contributed by atoms with Crippen LogP contribution in [0.4, 0.5) is 0 Å². The maximum atomic E-state index is 12.5. The minimum Gasteiger partial charge on any atom is -0.356 e. The first kappa shape index (κ1) is 16.5. The summed E-state index contributed by atoms with van der Waals surface area (Å²) >= 11 is 0. The van der Waals surface area contributed by atoms with E-state index in [1.54, 1.807) is 0 Å². The molecule has 2 amide bonds. The quantitative estimate of drug-likeness (QED) is 0.909. The number of aryl methyl sites for hydroxylation is 1. The van der Waals surface area contributed by atoms with Crippen LogP contribution >= 0.6 is 0 Å². The number of nitrogens with one attached hydrogen (secondary N) is 1. The van der Waals surface area contributed by atoms with Gasteiger partial charge in [-0.25, -0.2) is 0 Å². The third kappa shape index (κ3) is 4.58. The van der Waals surface area contributed by atoms with E-state index in [-0.39, 0.29) is 11.8 Å². The average molecular weight is 302 g/mol. The fourth-order valence-corrected chi connectivity index (χ4v) is 2.87.